The lowest BCUT2D eigenvalue weighted by Crippen LogP contribution is -2.59. The summed E-state index contributed by atoms with van der Waals surface area (Å²) in [4.78, 5) is 25.4. The van der Waals surface area contributed by atoms with Gasteiger partial charge in [-0.3, -0.25) is 0 Å². The van der Waals surface area contributed by atoms with Gasteiger partial charge in [0.05, 0.1) is 49.8 Å². The van der Waals surface area contributed by atoms with Crippen LogP contribution in [0.3, 0.4) is 0 Å². The highest BCUT2D eigenvalue weighted by Crippen LogP contribution is 2.42. The van der Waals surface area contributed by atoms with Crippen molar-refractivity contribution in [3.8, 4) is 0 Å². The van der Waals surface area contributed by atoms with E-state index in [1.54, 1.807) is 52.0 Å². The summed E-state index contributed by atoms with van der Waals surface area (Å²) >= 11 is 0. The van der Waals surface area contributed by atoms with Crippen molar-refractivity contribution < 1.29 is 68.3 Å². The molecule has 3 unspecified atom stereocenters. The van der Waals surface area contributed by atoms with Crippen LogP contribution in [0.4, 0.5) is 4.79 Å². The molecule has 15 nitrogen and oxygen atoms in total. The molecule has 0 aromatic heterocycles. The first-order valence-corrected chi connectivity index (χ1v) is 21.7. The van der Waals surface area contributed by atoms with E-state index in [4.69, 9.17) is 38.9 Å². The quantitative estimate of drug-likeness (QED) is 0.119. The number of hydrogen-bond donors (Lipinski definition) is 6. The van der Waals surface area contributed by atoms with E-state index in [0.717, 1.165) is 5.57 Å². The fraction of sp³-hybridized carbons (Fsp3) is 0.739. The van der Waals surface area contributed by atoms with E-state index in [1.807, 2.05) is 53.7 Å². The lowest BCUT2D eigenvalue weighted by molar-refractivity contribution is -0.338. The molecule has 348 valence electrons. The molecule has 0 aliphatic carbocycles. The first kappa shape index (κ1) is 52.2. The van der Waals surface area contributed by atoms with Crippen LogP contribution in [0.15, 0.2) is 59.4 Å². The highest BCUT2D eigenvalue weighted by atomic mass is 16.7. The number of aliphatic hydroxyl groups is 5. The van der Waals surface area contributed by atoms with Crippen molar-refractivity contribution in [2.24, 2.45) is 41.2 Å². The number of nitrogens with two attached hydrogens (primary N) is 1. The maximum Gasteiger partial charge on any atom is 0.404 e. The third-order valence-electron chi connectivity index (χ3n) is 12.8. The third kappa shape index (κ3) is 13.7. The smallest absolute Gasteiger partial charge is 0.404 e. The van der Waals surface area contributed by atoms with E-state index in [2.05, 4.69) is 0 Å². The topological polar surface area (TPSA) is 226 Å². The normalized spacial score (nSPS) is 41.7. The molecule has 3 aliphatic heterocycles. The molecule has 1 amide bonds. The number of methoxy groups -OCH3 is 2. The predicted octanol–water partition coefficient (Wildman–Crippen LogP) is 4.98. The molecule has 0 aromatic rings. The van der Waals surface area contributed by atoms with E-state index >= 15 is 0 Å². The Morgan fingerprint density at radius 3 is 2.34 bits per heavy atom. The largest absolute Gasteiger partial charge is 0.490 e. The van der Waals surface area contributed by atoms with Gasteiger partial charge in [0.2, 0.25) is 5.76 Å². The van der Waals surface area contributed by atoms with Crippen LogP contribution < -0.4 is 5.73 Å². The monoisotopic (exact) mass is 866 g/mol. The Morgan fingerprint density at radius 1 is 1.10 bits per heavy atom. The molecular weight excluding hydrogens is 790 g/mol. The fourth-order valence-electron chi connectivity index (χ4n) is 8.94. The Kier molecular flexibility index (Phi) is 20.1. The second kappa shape index (κ2) is 23.5. The Hall–Kier alpha value is -3.12. The van der Waals surface area contributed by atoms with Crippen LogP contribution in [0.1, 0.15) is 94.9 Å². The number of ether oxygens (including phenoxy) is 7. The van der Waals surface area contributed by atoms with Crippen molar-refractivity contribution in [1.82, 2.24) is 0 Å². The van der Waals surface area contributed by atoms with Gasteiger partial charge in [0.1, 0.15) is 12.2 Å². The molecule has 0 spiro atoms. The standard InChI is InChI=1S/C46H75NO14/c1-13-16-34-28(7)37(58-38-22-33(48)43(31(10)57-38)60-45(47)53)23-46(54,61-34)30(9)41(51)29(8)42-35(55-11)18-15-17-24(3)19-26(5)39(49)32(14-2)40(50)27(6)20-25(4)21-36(56-12)44(52)59-42/h13,15-18,20-21,26-35,37-43,48-51,54H,14,19,22-23H2,1-12H3,(H2,47,53)/b16-13+,18-15?,24-17+,25-20+,36-21-/t26-,27-,28-,29?,30+,31-,32?,33-,34-,35+,37-,38-,39+,40-,41-,42?,43-,46-/m1/s1. The van der Waals surface area contributed by atoms with Gasteiger partial charge in [-0.05, 0) is 52.5 Å². The summed E-state index contributed by atoms with van der Waals surface area (Å²) in [6.07, 6.45) is 2.20. The lowest BCUT2D eigenvalue weighted by Gasteiger charge is -2.49. The number of rotatable bonds is 11. The van der Waals surface area contributed by atoms with E-state index in [1.165, 1.54) is 20.3 Å². The van der Waals surface area contributed by atoms with Gasteiger partial charge < -0.3 is 64.4 Å². The Labute approximate surface area is 362 Å². The maximum absolute atomic E-state index is 13.9. The summed E-state index contributed by atoms with van der Waals surface area (Å²) in [6, 6.07) is 0. The first-order valence-electron chi connectivity index (χ1n) is 21.7. The van der Waals surface area contributed by atoms with Gasteiger partial charge in [0.15, 0.2) is 18.2 Å². The minimum atomic E-state index is -1.97. The van der Waals surface area contributed by atoms with Crippen LogP contribution >= 0.6 is 0 Å². The zero-order chi connectivity index (χ0) is 45.9. The van der Waals surface area contributed by atoms with Crippen LogP contribution in [0, 0.1) is 35.5 Å². The van der Waals surface area contributed by atoms with E-state index in [-0.39, 0.29) is 42.3 Å². The zero-order valence-corrected chi connectivity index (χ0v) is 38.2. The predicted molar refractivity (Wildman–Crippen MR) is 228 cm³/mol. The van der Waals surface area contributed by atoms with Gasteiger partial charge in [0.25, 0.3) is 0 Å². The number of hydrogen-bond acceptors (Lipinski definition) is 14. The minimum absolute atomic E-state index is 0.0313. The van der Waals surface area contributed by atoms with Crippen LogP contribution in [0.2, 0.25) is 0 Å². The molecule has 0 aromatic carbocycles. The van der Waals surface area contributed by atoms with Gasteiger partial charge in [-0.1, -0.05) is 89.1 Å². The summed E-state index contributed by atoms with van der Waals surface area (Å²) in [7, 11) is 2.81. The van der Waals surface area contributed by atoms with Crippen LogP contribution in [0.25, 0.3) is 0 Å². The second-order valence-electron chi connectivity index (χ2n) is 17.5. The molecule has 0 bridgehead atoms. The molecular formula is C46H75NO14. The van der Waals surface area contributed by atoms with Crippen molar-refractivity contribution in [2.75, 3.05) is 14.2 Å². The maximum atomic E-state index is 13.9. The van der Waals surface area contributed by atoms with Crippen molar-refractivity contribution >= 4 is 12.1 Å². The summed E-state index contributed by atoms with van der Waals surface area (Å²) in [5.41, 5.74) is 6.78. The van der Waals surface area contributed by atoms with E-state index < -0.39 is 97.0 Å². The Balaban J connectivity index is 2.00. The number of carbonyl (C=O) groups excluding carboxylic acids is 2. The fourth-order valence-corrected chi connectivity index (χ4v) is 8.94. The molecule has 2 fully saturated rings. The molecule has 18 atom stereocenters. The van der Waals surface area contributed by atoms with Gasteiger partial charge in [-0.2, -0.15) is 0 Å². The highest BCUT2D eigenvalue weighted by molar-refractivity contribution is 5.87. The van der Waals surface area contributed by atoms with E-state index in [0.29, 0.717) is 18.4 Å². The molecule has 3 heterocycles. The number of amides is 1. The molecule has 7 N–H and O–H groups in total. The van der Waals surface area contributed by atoms with Gasteiger partial charge in [0, 0.05) is 49.5 Å². The van der Waals surface area contributed by atoms with Crippen LogP contribution in [0.5, 0.6) is 0 Å². The summed E-state index contributed by atoms with van der Waals surface area (Å²) in [5, 5.41) is 58.0. The summed E-state index contributed by atoms with van der Waals surface area (Å²) in [6.45, 7) is 18.2. The minimum Gasteiger partial charge on any atom is -0.490 e. The van der Waals surface area contributed by atoms with Gasteiger partial charge in [-0.15, -0.1) is 0 Å². The highest BCUT2D eigenvalue weighted by Gasteiger charge is 2.52. The molecule has 0 radical (unpaired) electrons. The van der Waals surface area contributed by atoms with Crippen LogP contribution in [-0.4, -0.2) is 125 Å². The van der Waals surface area contributed by atoms with E-state index in [9.17, 15) is 35.1 Å². The molecule has 61 heavy (non-hydrogen) atoms. The molecule has 15 heteroatoms. The molecule has 3 rings (SSSR count). The van der Waals surface area contributed by atoms with Gasteiger partial charge >= 0.3 is 12.1 Å². The van der Waals surface area contributed by atoms with Crippen molar-refractivity contribution in [3.05, 3.63) is 59.4 Å². The molecule has 0 saturated carbocycles. The SMILES string of the molecule is C/C=C/[C@H]1O[C@@](O)([C@@H](C)[C@H](O)C(C)C2OC(=O)/C(OC)=C/C(C)=C/[C@@H](C)[C@@H](O)C(CC)[C@@H](O)[C@H](C)C/C(C)=C/C=C[C@@H]2OC)C[C@@H](O[C@@H]2C[C@@H](O)[C@H](OC(N)=O)[C@@H](C)O2)[C@@H]1C. The van der Waals surface area contributed by atoms with Crippen molar-refractivity contribution in [1.29, 1.82) is 0 Å². The van der Waals surface area contributed by atoms with Gasteiger partial charge in [-0.25, -0.2) is 9.59 Å². The second-order valence-corrected chi connectivity index (χ2v) is 17.5. The summed E-state index contributed by atoms with van der Waals surface area (Å²) < 4.78 is 41.4. The summed E-state index contributed by atoms with van der Waals surface area (Å²) in [5.74, 6) is -6.00. The Bertz CT molecular complexity index is 1570. The average molecular weight is 866 g/mol. The van der Waals surface area contributed by atoms with Crippen molar-refractivity contribution in [2.45, 2.75) is 168 Å². The Morgan fingerprint density at radius 2 is 1.77 bits per heavy atom. The number of aliphatic hydroxyl groups excluding tert-OH is 4. The third-order valence-corrected chi connectivity index (χ3v) is 12.8. The van der Waals surface area contributed by atoms with Crippen molar-refractivity contribution in [3.63, 3.8) is 0 Å². The molecule has 3 aliphatic rings. The number of esters is 1. The number of carbonyl (C=O) groups is 2. The number of cyclic esters (lactones) is 1. The average Bonchev–Trinajstić information content (AvgIpc) is 3.19. The first-order chi connectivity index (χ1) is 28.6. The lowest BCUT2D eigenvalue weighted by atomic mass is 9.77. The number of allylic oxidation sites excluding steroid dienone is 6. The number of primary amides is 1. The zero-order valence-electron chi connectivity index (χ0n) is 38.2. The van der Waals surface area contributed by atoms with Crippen LogP contribution in [-0.2, 0) is 38.0 Å². The molecule has 2 saturated heterocycles.